The van der Waals surface area contributed by atoms with Gasteiger partial charge in [-0.15, -0.1) is 0 Å². The van der Waals surface area contributed by atoms with Gasteiger partial charge in [0.2, 0.25) is 5.91 Å². The van der Waals surface area contributed by atoms with Crippen LogP contribution in [0.4, 0.5) is 0 Å². The first kappa shape index (κ1) is 15.5. The quantitative estimate of drug-likeness (QED) is 0.822. The molecule has 0 radical (unpaired) electrons. The van der Waals surface area contributed by atoms with E-state index in [1.807, 2.05) is 37.4 Å². The van der Waals surface area contributed by atoms with Gasteiger partial charge in [0.1, 0.15) is 17.3 Å². The van der Waals surface area contributed by atoms with E-state index < -0.39 is 0 Å². The van der Waals surface area contributed by atoms with Crippen LogP contribution in [0.15, 0.2) is 41.0 Å². The zero-order valence-corrected chi connectivity index (χ0v) is 13.6. The Kier molecular flexibility index (Phi) is 4.28. The van der Waals surface area contributed by atoms with Gasteiger partial charge < -0.3 is 18.8 Å². The zero-order valence-electron chi connectivity index (χ0n) is 13.6. The molecule has 2 aromatic rings. The first-order valence-electron chi connectivity index (χ1n) is 7.63. The fourth-order valence-corrected chi connectivity index (χ4v) is 2.88. The number of benzene rings is 1. The van der Waals surface area contributed by atoms with Gasteiger partial charge in [-0.3, -0.25) is 4.79 Å². The van der Waals surface area contributed by atoms with E-state index >= 15 is 0 Å². The van der Waals surface area contributed by atoms with Crippen molar-refractivity contribution in [2.45, 2.75) is 18.9 Å². The van der Waals surface area contributed by atoms with Gasteiger partial charge in [0.15, 0.2) is 0 Å². The third-order valence-corrected chi connectivity index (χ3v) is 4.29. The second kappa shape index (κ2) is 6.36. The Morgan fingerprint density at radius 1 is 1.30 bits per heavy atom. The molecular weight excluding hydrogens is 294 g/mol. The van der Waals surface area contributed by atoms with E-state index in [-0.39, 0.29) is 17.7 Å². The van der Waals surface area contributed by atoms with E-state index in [2.05, 4.69) is 0 Å². The van der Waals surface area contributed by atoms with Crippen molar-refractivity contribution in [2.24, 2.45) is 5.92 Å². The molecule has 1 aliphatic rings. The lowest BCUT2D eigenvalue weighted by atomic mass is 10.1. The Morgan fingerprint density at radius 2 is 2.13 bits per heavy atom. The molecule has 0 aliphatic heterocycles. The highest BCUT2D eigenvalue weighted by Crippen LogP contribution is 2.48. The van der Waals surface area contributed by atoms with E-state index in [4.69, 9.17) is 13.9 Å². The van der Waals surface area contributed by atoms with E-state index in [0.717, 1.165) is 29.2 Å². The molecule has 1 amide bonds. The molecule has 122 valence electrons. The van der Waals surface area contributed by atoms with Crippen LogP contribution in [0.2, 0.25) is 0 Å². The predicted octanol–water partition coefficient (Wildman–Crippen LogP) is 3.06. The summed E-state index contributed by atoms with van der Waals surface area (Å²) in [5, 5.41) is 0. The maximum Gasteiger partial charge on any atom is 0.226 e. The van der Waals surface area contributed by atoms with Gasteiger partial charge in [-0.25, -0.2) is 0 Å². The topological polar surface area (TPSA) is 51.9 Å². The standard InChI is InChI=1S/C18H21NO4/c1-19(11-12-6-7-13(21-2)9-17(12)22-3)18(20)15-10-14(15)16-5-4-8-23-16/h4-9,14-15H,10-11H2,1-3H3. The number of methoxy groups -OCH3 is 2. The Morgan fingerprint density at radius 3 is 2.78 bits per heavy atom. The van der Waals surface area contributed by atoms with Gasteiger partial charge in [-0.05, 0) is 30.7 Å². The van der Waals surface area contributed by atoms with Gasteiger partial charge in [0, 0.05) is 37.1 Å². The SMILES string of the molecule is COc1ccc(CN(C)C(=O)C2CC2c2ccco2)c(OC)c1. The maximum atomic E-state index is 12.6. The second-order valence-corrected chi connectivity index (χ2v) is 5.84. The Labute approximate surface area is 135 Å². The van der Waals surface area contributed by atoms with Crippen molar-refractivity contribution in [2.75, 3.05) is 21.3 Å². The molecule has 5 nitrogen and oxygen atoms in total. The minimum Gasteiger partial charge on any atom is -0.497 e. The molecule has 2 atom stereocenters. The summed E-state index contributed by atoms with van der Waals surface area (Å²) in [4.78, 5) is 14.3. The molecule has 0 saturated heterocycles. The molecule has 23 heavy (non-hydrogen) atoms. The average Bonchev–Trinajstić information content (AvgIpc) is 3.19. The van der Waals surface area contributed by atoms with Gasteiger partial charge in [-0.1, -0.05) is 0 Å². The van der Waals surface area contributed by atoms with Crippen LogP contribution in [0.25, 0.3) is 0 Å². The molecule has 5 heteroatoms. The Balaban J connectivity index is 1.65. The minimum absolute atomic E-state index is 0.0235. The summed E-state index contributed by atoms with van der Waals surface area (Å²) in [7, 11) is 5.06. The van der Waals surface area contributed by atoms with Crippen molar-refractivity contribution in [3.8, 4) is 11.5 Å². The molecule has 0 spiro atoms. The molecule has 1 fully saturated rings. The molecular formula is C18H21NO4. The first-order valence-corrected chi connectivity index (χ1v) is 7.63. The monoisotopic (exact) mass is 315 g/mol. The van der Waals surface area contributed by atoms with Crippen LogP contribution in [0.1, 0.15) is 23.7 Å². The fraction of sp³-hybridized carbons (Fsp3) is 0.389. The number of hydrogen-bond acceptors (Lipinski definition) is 4. The van der Waals surface area contributed by atoms with Gasteiger partial charge in [0.05, 0.1) is 20.5 Å². The largest absolute Gasteiger partial charge is 0.497 e. The molecule has 1 saturated carbocycles. The number of hydrogen-bond donors (Lipinski definition) is 0. The molecule has 0 N–H and O–H groups in total. The second-order valence-electron chi connectivity index (χ2n) is 5.84. The molecule has 1 aliphatic carbocycles. The van der Waals surface area contributed by atoms with Crippen LogP contribution >= 0.6 is 0 Å². The molecule has 2 unspecified atom stereocenters. The van der Waals surface area contributed by atoms with Crippen molar-refractivity contribution in [3.05, 3.63) is 47.9 Å². The van der Waals surface area contributed by atoms with Crippen LogP contribution in [0.5, 0.6) is 11.5 Å². The number of furan rings is 1. The minimum atomic E-state index is 0.0235. The summed E-state index contributed by atoms with van der Waals surface area (Å²) in [6.07, 6.45) is 2.51. The third-order valence-electron chi connectivity index (χ3n) is 4.29. The lowest BCUT2D eigenvalue weighted by Gasteiger charge is -2.19. The highest BCUT2D eigenvalue weighted by Gasteiger charge is 2.46. The summed E-state index contributed by atoms with van der Waals surface area (Å²) in [5.74, 6) is 2.75. The van der Waals surface area contributed by atoms with Crippen molar-refractivity contribution in [3.63, 3.8) is 0 Å². The van der Waals surface area contributed by atoms with Gasteiger partial charge in [0.25, 0.3) is 0 Å². The number of carbonyl (C=O) groups is 1. The van der Waals surface area contributed by atoms with Gasteiger partial charge >= 0.3 is 0 Å². The predicted molar refractivity (Wildman–Crippen MR) is 85.6 cm³/mol. The number of ether oxygens (including phenoxy) is 2. The van der Waals surface area contributed by atoms with Gasteiger partial charge in [-0.2, -0.15) is 0 Å². The lowest BCUT2D eigenvalue weighted by Crippen LogP contribution is -2.28. The van der Waals surface area contributed by atoms with E-state index in [1.165, 1.54) is 0 Å². The number of amides is 1. The Bertz CT molecular complexity index is 680. The molecule has 1 aromatic heterocycles. The van der Waals surface area contributed by atoms with Crippen molar-refractivity contribution in [1.29, 1.82) is 0 Å². The van der Waals surface area contributed by atoms with Crippen molar-refractivity contribution >= 4 is 5.91 Å². The normalized spacial score (nSPS) is 19.3. The summed E-state index contributed by atoms with van der Waals surface area (Å²) in [6.45, 7) is 0.507. The van der Waals surface area contributed by atoms with Crippen LogP contribution in [-0.2, 0) is 11.3 Å². The summed E-state index contributed by atoms with van der Waals surface area (Å²) in [6, 6.07) is 9.43. The average molecular weight is 315 g/mol. The number of nitrogens with zero attached hydrogens (tertiary/aromatic N) is 1. The molecule has 3 rings (SSSR count). The van der Waals surface area contributed by atoms with Crippen molar-refractivity contribution in [1.82, 2.24) is 4.90 Å². The lowest BCUT2D eigenvalue weighted by molar-refractivity contribution is -0.131. The maximum absolute atomic E-state index is 12.6. The first-order chi connectivity index (χ1) is 11.1. The smallest absolute Gasteiger partial charge is 0.226 e. The molecule has 0 bridgehead atoms. The fourth-order valence-electron chi connectivity index (χ4n) is 2.88. The van der Waals surface area contributed by atoms with Crippen LogP contribution < -0.4 is 9.47 Å². The summed E-state index contributed by atoms with van der Waals surface area (Å²) in [5.41, 5.74) is 0.958. The highest BCUT2D eigenvalue weighted by molar-refractivity contribution is 5.82. The van der Waals surface area contributed by atoms with E-state index in [9.17, 15) is 4.79 Å². The Hall–Kier alpha value is -2.43. The van der Waals surface area contributed by atoms with Crippen molar-refractivity contribution < 1.29 is 18.7 Å². The molecule has 1 aromatic carbocycles. The number of carbonyl (C=O) groups excluding carboxylic acids is 1. The van der Waals surface area contributed by atoms with Crippen LogP contribution in [0, 0.1) is 5.92 Å². The van der Waals surface area contributed by atoms with Crippen LogP contribution in [0.3, 0.4) is 0 Å². The third kappa shape index (κ3) is 3.18. The number of rotatable bonds is 6. The van der Waals surface area contributed by atoms with Crippen LogP contribution in [-0.4, -0.2) is 32.1 Å². The van der Waals surface area contributed by atoms with E-state index in [1.54, 1.807) is 25.4 Å². The molecule has 1 heterocycles. The zero-order chi connectivity index (χ0) is 16.4. The summed E-state index contributed by atoms with van der Waals surface area (Å²) >= 11 is 0. The van der Waals surface area contributed by atoms with E-state index in [0.29, 0.717) is 6.54 Å². The summed E-state index contributed by atoms with van der Waals surface area (Å²) < 4.78 is 16.0. The highest BCUT2D eigenvalue weighted by atomic mass is 16.5.